The lowest BCUT2D eigenvalue weighted by atomic mass is 10.2. The Morgan fingerprint density at radius 1 is 1.35 bits per heavy atom. The monoisotopic (exact) mass is 297 g/mol. The van der Waals surface area contributed by atoms with E-state index in [4.69, 9.17) is 5.11 Å². The van der Waals surface area contributed by atoms with E-state index in [1.165, 1.54) is 12.1 Å². The van der Waals surface area contributed by atoms with E-state index in [0.717, 1.165) is 18.9 Å². The van der Waals surface area contributed by atoms with Gasteiger partial charge in [0.15, 0.2) is 0 Å². The SMILES string of the molecule is O=S(=O)(Nc1ccc(F)cc1C#CCO)C1CCCC1. The maximum Gasteiger partial charge on any atom is 0.235 e. The summed E-state index contributed by atoms with van der Waals surface area (Å²) in [6.45, 7) is -0.370. The Morgan fingerprint density at radius 2 is 2.05 bits per heavy atom. The van der Waals surface area contributed by atoms with E-state index < -0.39 is 21.1 Å². The Kier molecular flexibility index (Phi) is 4.63. The number of hydrogen-bond donors (Lipinski definition) is 2. The summed E-state index contributed by atoms with van der Waals surface area (Å²) in [5, 5.41) is 8.29. The van der Waals surface area contributed by atoms with Gasteiger partial charge in [-0.05, 0) is 31.0 Å². The Balaban J connectivity index is 2.28. The molecule has 0 aliphatic heterocycles. The smallest absolute Gasteiger partial charge is 0.235 e. The molecule has 0 aromatic heterocycles. The van der Waals surface area contributed by atoms with Gasteiger partial charge in [0.25, 0.3) is 0 Å². The lowest BCUT2D eigenvalue weighted by Gasteiger charge is -2.14. The number of halogens is 1. The number of nitrogens with one attached hydrogen (secondary N) is 1. The van der Waals surface area contributed by atoms with Crippen molar-refractivity contribution in [3.05, 3.63) is 29.6 Å². The Bertz CT molecular complexity index is 640. The van der Waals surface area contributed by atoms with Gasteiger partial charge in [-0.15, -0.1) is 0 Å². The number of aliphatic hydroxyl groups is 1. The van der Waals surface area contributed by atoms with Gasteiger partial charge in [-0.25, -0.2) is 12.8 Å². The highest BCUT2D eigenvalue weighted by atomic mass is 32.2. The first kappa shape index (κ1) is 14.8. The van der Waals surface area contributed by atoms with Crippen molar-refractivity contribution in [1.29, 1.82) is 0 Å². The van der Waals surface area contributed by atoms with Crippen molar-refractivity contribution in [2.24, 2.45) is 0 Å². The average molecular weight is 297 g/mol. The largest absolute Gasteiger partial charge is 0.384 e. The molecular formula is C14H16FNO3S. The molecule has 20 heavy (non-hydrogen) atoms. The van der Waals surface area contributed by atoms with Crippen LogP contribution in [0.2, 0.25) is 0 Å². The van der Waals surface area contributed by atoms with Gasteiger partial charge in [0.1, 0.15) is 12.4 Å². The topological polar surface area (TPSA) is 66.4 Å². The molecule has 0 atom stereocenters. The summed E-state index contributed by atoms with van der Waals surface area (Å²) >= 11 is 0. The lowest BCUT2D eigenvalue weighted by Crippen LogP contribution is -2.25. The van der Waals surface area contributed by atoms with Crippen LogP contribution in [0.15, 0.2) is 18.2 Å². The minimum Gasteiger partial charge on any atom is -0.384 e. The molecule has 2 rings (SSSR count). The predicted molar refractivity (Wildman–Crippen MR) is 75.2 cm³/mol. The van der Waals surface area contributed by atoms with Crippen molar-refractivity contribution < 1.29 is 17.9 Å². The number of rotatable bonds is 3. The number of hydrogen-bond acceptors (Lipinski definition) is 3. The molecule has 0 heterocycles. The van der Waals surface area contributed by atoms with Crippen molar-refractivity contribution in [3.63, 3.8) is 0 Å². The van der Waals surface area contributed by atoms with Crippen LogP contribution in [0.25, 0.3) is 0 Å². The van der Waals surface area contributed by atoms with Crippen molar-refractivity contribution in [1.82, 2.24) is 0 Å². The van der Waals surface area contributed by atoms with Crippen LogP contribution < -0.4 is 4.72 Å². The molecule has 1 fully saturated rings. The summed E-state index contributed by atoms with van der Waals surface area (Å²) in [5.74, 6) is 4.44. The molecule has 0 unspecified atom stereocenters. The number of sulfonamides is 1. The van der Waals surface area contributed by atoms with Crippen LogP contribution in [0, 0.1) is 17.7 Å². The minimum absolute atomic E-state index is 0.223. The van der Waals surface area contributed by atoms with E-state index in [9.17, 15) is 12.8 Å². The molecule has 6 heteroatoms. The van der Waals surface area contributed by atoms with Crippen LogP contribution in [0.5, 0.6) is 0 Å². The third-order valence-corrected chi connectivity index (χ3v) is 5.13. The molecule has 1 aromatic rings. The van der Waals surface area contributed by atoms with Gasteiger partial charge < -0.3 is 5.11 Å². The summed E-state index contributed by atoms with van der Waals surface area (Å²) in [6, 6.07) is 3.68. The van der Waals surface area contributed by atoms with Gasteiger partial charge in [-0.1, -0.05) is 24.7 Å². The van der Waals surface area contributed by atoms with E-state index in [1.54, 1.807) is 0 Å². The maximum atomic E-state index is 13.2. The molecule has 0 radical (unpaired) electrons. The first-order valence-corrected chi connectivity index (χ1v) is 7.98. The second-order valence-corrected chi connectivity index (χ2v) is 6.66. The summed E-state index contributed by atoms with van der Waals surface area (Å²) in [5.41, 5.74) is 0.472. The van der Waals surface area contributed by atoms with Gasteiger partial charge in [0, 0.05) is 0 Å². The third kappa shape index (κ3) is 3.50. The molecule has 2 N–H and O–H groups in total. The molecule has 108 valence electrons. The molecular weight excluding hydrogens is 281 g/mol. The predicted octanol–water partition coefficient (Wildman–Crippen LogP) is 1.85. The summed E-state index contributed by atoms with van der Waals surface area (Å²) < 4.78 is 40.1. The summed E-state index contributed by atoms with van der Waals surface area (Å²) in [6.07, 6.45) is 3.11. The number of anilines is 1. The zero-order valence-corrected chi connectivity index (χ0v) is 11.7. The van der Waals surface area contributed by atoms with Gasteiger partial charge in [-0.3, -0.25) is 4.72 Å². The molecule has 0 saturated heterocycles. The van der Waals surface area contributed by atoms with Crippen molar-refractivity contribution in [3.8, 4) is 11.8 Å². The fourth-order valence-corrected chi connectivity index (χ4v) is 3.88. The molecule has 1 aliphatic rings. The van der Waals surface area contributed by atoms with Crippen molar-refractivity contribution in [2.45, 2.75) is 30.9 Å². The Labute approximate surface area is 118 Å². The van der Waals surface area contributed by atoms with Crippen LogP contribution in [0.3, 0.4) is 0 Å². The fraction of sp³-hybridized carbons (Fsp3) is 0.429. The van der Waals surface area contributed by atoms with Crippen LogP contribution in [-0.2, 0) is 10.0 Å². The summed E-state index contributed by atoms with van der Waals surface area (Å²) in [7, 11) is -3.48. The van der Waals surface area contributed by atoms with Gasteiger partial charge in [0.05, 0.1) is 16.5 Å². The minimum atomic E-state index is -3.48. The second-order valence-electron chi connectivity index (χ2n) is 4.70. The fourth-order valence-electron chi connectivity index (χ4n) is 2.28. The van der Waals surface area contributed by atoms with Crippen LogP contribution in [-0.4, -0.2) is 25.4 Å². The highest BCUT2D eigenvalue weighted by Crippen LogP contribution is 2.27. The van der Waals surface area contributed by atoms with Crippen LogP contribution in [0.4, 0.5) is 10.1 Å². The number of benzene rings is 1. The maximum absolute atomic E-state index is 13.2. The standard InChI is InChI=1S/C14H16FNO3S/c15-12-7-8-14(11(10-12)4-3-9-17)16-20(18,19)13-5-1-2-6-13/h7-8,10,13,16-17H,1-2,5-6,9H2. The number of aliphatic hydroxyl groups excluding tert-OH is 1. The second kappa shape index (κ2) is 6.25. The highest BCUT2D eigenvalue weighted by Gasteiger charge is 2.29. The van der Waals surface area contributed by atoms with Gasteiger partial charge in [0.2, 0.25) is 10.0 Å². The van der Waals surface area contributed by atoms with Gasteiger partial charge in [-0.2, -0.15) is 0 Å². The lowest BCUT2D eigenvalue weighted by molar-refractivity contribution is 0.350. The van der Waals surface area contributed by atoms with E-state index in [1.807, 2.05) is 0 Å². The molecule has 1 aliphatic carbocycles. The Hall–Kier alpha value is -1.58. The average Bonchev–Trinajstić information content (AvgIpc) is 2.93. The quantitative estimate of drug-likeness (QED) is 0.837. The van der Waals surface area contributed by atoms with Crippen LogP contribution >= 0.6 is 0 Å². The zero-order chi connectivity index (χ0) is 14.6. The molecule has 0 amide bonds. The van der Waals surface area contributed by atoms with E-state index in [-0.39, 0.29) is 17.9 Å². The molecule has 1 aromatic carbocycles. The summed E-state index contributed by atoms with van der Waals surface area (Å²) in [4.78, 5) is 0. The normalized spacial score (nSPS) is 15.7. The van der Waals surface area contributed by atoms with E-state index in [2.05, 4.69) is 16.6 Å². The molecule has 4 nitrogen and oxygen atoms in total. The molecule has 1 saturated carbocycles. The molecule has 0 spiro atoms. The van der Waals surface area contributed by atoms with E-state index in [0.29, 0.717) is 12.8 Å². The first-order valence-electron chi connectivity index (χ1n) is 6.44. The first-order chi connectivity index (χ1) is 9.53. The van der Waals surface area contributed by atoms with Crippen LogP contribution in [0.1, 0.15) is 31.2 Å². The zero-order valence-electron chi connectivity index (χ0n) is 10.9. The van der Waals surface area contributed by atoms with Crippen molar-refractivity contribution in [2.75, 3.05) is 11.3 Å². The third-order valence-electron chi connectivity index (χ3n) is 3.28. The van der Waals surface area contributed by atoms with Crippen molar-refractivity contribution >= 4 is 15.7 Å². The van der Waals surface area contributed by atoms with E-state index >= 15 is 0 Å². The highest BCUT2D eigenvalue weighted by molar-refractivity contribution is 7.93. The Morgan fingerprint density at radius 3 is 2.70 bits per heavy atom. The molecule has 0 bridgehead atoms. The van der Waals surface area contributed by atoms with Gasteiger partial charge >= 0.3 is 0 Å².